The first-order valence-corrected chi connectivity index (χ1v) is 8.52. The van der Waals surface area contributed by atoms with Crippen molar-refractivity contribution in [3.05, 3.63) is 52.0 Å². The number of halogens is 1. The monoisotopic (exact) mass is 374 g/mol. The molecule has 2 amide bonds. The lowest BCUT2D eigenvalue weighted by atomic mass is 10.1. The number of nitrogens with one attached hydrogen (secondary N) is 2. The maximum absolute atomic E-state index is 12.1. The van der Waals surface area contributed by atoms with E-state index in [-0.39, 0.29) is 19.1 Å². The van der Waals surface area contributed by atoms with Gasteiger partial charge >= 0.3 is 0 Å². The Labute approximate surface area is 156 Å². The summed E-state index contributed by atoms with van der Waals surface area (Å²) in [6.07, 6.45) is -0.284. The quantitative estimate of drug-likeness (QED) is 0.787. The van der Waals surface area contributed by atoms with Crippen LogP contribution in [-0.2, 0) is 16.1 Å². The minimum Gasteiger partial charge on any atom is -0.454 e. The average Bonchev–Trinajstić information content (AvgIpc) is 3.04. The fourth-order valence-corrected chi connectivity index (χ4v) is 3.09. The summed E-state index contributed by atoms with van der Waals surface area (Å²) in [4.78, 5) is 24.1. The zero-order chi connectivity index (χ0) is 18.7. The van der Waals surface area contributed by atoms with Gasteiger partial charge in [0.05, 0.1) is 10.7 Å². The van der Waals surface area contributed by atoms with Gasteiger partial charge in [0.1, 0.15) is 6.42 Å². The highest BCUT2D eigenvalue weighted by Gasteiger charge is 2.15. The molecular weight excluding hydrogens is 356 g/mol. The lowest BCUT2D eigenvalue weighted by Crippen LogP contribution is -2.28. The first-order valence-electron chi connectivity index (χ1n) is 8.14. The Morgan fingerprint density at radius 3 is 2.62 bits per heavy atom. The minimum absolute atomic E-state index is 0.201. The van der Waals surface area contributed by atoms with Crippen LogP contribution < -0.4 is 20.1 Å². The van der Waals surface area contributed by atoms with Gasteiger partial charge in [-0.05, 0) is 48.7 Å². The van der Waals surface area contributed by atoms with Crippen LogP contribution in [0.15, 0.2) is 30.3 Å². The van der Waals surface area contributed by atoms with E-state index < -0.39 is 5.91 Å². The van der Waals surface area contributed by atoms with Gasteiger partial charge < -0.3 is 20.1 Å². The number of fused-ring (bicyclic) bond motifs is 1. The van der Waals surface area contributed by atoms with Crippen molar-refractivity contribution < 1.29 is 19.1 Å². The van der Waals surface area contributed by atoms with E-state index in [0.717, 1.165) is 16.7 Å². The molecule has 0 saturated heterocycles. The normalized spacial score (nSPS) is 12.0. The van der Waals surface area contributed by atoms with E-state index in [4.69, 9.17) is 21.1 Å². The number of benzene rings is 2. The summed E-state index contributed by atoms with van der Waals surface area (Å²) in [7, 11) is 0. The van der Waals surface area contributed by atoms with E-state index in [2.05, 4.69) is 10.6 Å². The fraction of sp³-hybridized carbons (Fsp3) is 0.263. The maximum Gasteiger partial charge on any atom is 0.233 e. The summed E-state index contributed by atoms with van der Waals surface area (Å²) in [5.74, 6) is 0.548. The molecule has 0 saturated carbocycles. The molecule has 3 rings (SSSR count). The van der Waals surface area contributed by atoms with Crippen LogP contribution in [0.25, 0.3) is 0 Å². The van der Waals surface area contributed by atoms with Crippen molar-refractivity contribution in [3.8, 4) is 11.5 Å². The van der Waals surface area contributed by atoms with Gasteiger partial charge in [0.15, 0.2) is 11.5 Å². The third kappa shape index (κ3) is 4.26. The summed E-state index contributed by atoms with van der Waals surface area (Å²) in [5.41, 5.74) is 3.25. The topological polar surface area (TPSA) is 76.7 Å². The van der Waals surface area contributed by atoms with E-state index >= 15 is 0 Å². The first-order chi connectivity index (χ1) is 12.4. The third-order valence-electron chi connectivity index (χ3n) is 3.94. The summed E-state index contributed by atoms with van der Waals surface area (Å²) in [5, 5.41) is 5.87. The van der Waals surface area contributed by atoms with Gasteiger partial charge in [-0.2, -0.15) is 0 Å². The third-order valence-corrected chi connectivity index (χ3v) is 4.24. The number of anilines is 1. The van der Waals surface area contributed by atoms with Gasteiger partial charge in [-0.15, -0.1) is 0 Å². The lowest BCUT2D eigenvalue weighted by molar-refractivity contribution is -0.126. The molecule has 7 heteroatoms. The van der Waals surface area contributed by atoms with Gasteiger partial charge in [-0.25, -0.2) is 0 Å². The second-order valence-electron chi connectivity index (χ2n) is 6.13. The molecule has 1 aliphatic heterocycles. The van der Waals surface area contributed by atoms with Crippen LogP contribution in [0.3, 0.4) is 0 Å². The number of carbonyl (C=O) groups is 2. The molecule has 0 aliphatic carbocycles. The number of ether oxygens (including phenoxy) is 2. The van der Waals surface area contributed by atoms with Crippen molar-refractivity contribution in [2.45, 2.75) is 26.8 Å². The van der Waals surface area contributed by atoms with Crippen LogP contribution in [-0.4, -0.2) is 18.6 Å². The second-order valence-corrected chi connectivity index (χ2v) is 6.54. The fourth-order valence-electron chi connectivity index (χ4n) is 2.72. The Morgan fingerprint density at radius 1 is 1.08 bits per heavy atom. The Morgan fingerprint density at radius 2 is 1.85 bits per heavy atom. The van der Waals surface area contributed by atoms with Gasteiger partial charge in [0, 0.05) is 6.54 Å². The lowest BCUT2D eigenvalue weighted by Gasteiger charge is -2.12. The zero-order valence-corrected chi connectivity index (χ0v) is 15.3. The standard InChI is InChI=1S/C19H19ClN2O4/c1-11-5-12(2)19(14(20)6-11)22-18(24)8-17(23)21-9-13-3-4-15-16(7-13)26-10-25-15/h3-7H,8-10H2,1-2H3,(H,21,23)(H,22,24). The molecule has 6 nitrogen and oxygen atoms in total. The number of carbonyl (C=O) groups excluding carboxylic acids is 2. The van der Waals surface area contributed by atoms with Crippen LogP contribution in [0, 0.1) is 13.8 Å². The number of hydrogen-bond acceptors (Lipinski definition) is 4. The van der Waals surface area contributed by atoms with Crippen LogP contribution in [0.2, 0.25) is 5.02 Å². The molecule has 0 aromatic heterocycles. The van der Waals surface area contributed by atoms with Crippen LogP contribution in [0.5, 0.6) is 11.5 Å². The highest BCUT2D eigenvalue weighted by Crippen LogP contribution is 2.32. The molecule has 0 fully saturated rings. The van der Waals surface area contributed by atoms with Gasteiger partial charge in [-0.1, -0.05) is 23.7 Å². The van der Waals surface area contributed by atoms with Crippen molar-refractivity contribution in [1.29, 1.82) is 0 Å². The smallest absolute Gasteiger partial charge is 0.233 e. The van der Waals surface area contributed by atoms with Crippen molar-refractivity contribution in [2.24, 2.45) is 0 Å². The van der Waals surface area contributed by atoms with Gasteiger partial charge in [0.2, 0.25) is 18.6 Å². The molecule has 0 spiro atoms. The molecule has 0 atom stereocenters. The summed E-state index contributed by atoms with van der Waals surface area (Å²) < 4.78 is 10.5. The average molecular weight is 375 g/mol. The largest absolute Gasteiger partial charge is 0.454 e. The molecule has 0 radical (unpaired) electrons. The number of aryl methyl sites for hydroxylation is 2. The Balaban J connectivity index is 1.52. The van der Waals surface area contributed by atoms with E-state index in [1.807, 2.05) is 26.0 Å². The molecule has 2 aromatic rings. The summed E-state index contributed by atoms with van der Waals surface area (Å²) in [6.45, 7) is 4.28. The Kier molecular flexibility index (Phi) is 5.32. The van der Waals surface area contributed by atoms with Crippen LogP contribution in [0.1, 0.15) is 23.1 Å². The van der Waals surface area contributed by atoms with Crippen LogP contribution >= 0.6 is 11.6 Å². The Bertz CT molecular complexity index is 844. The first kappa shape index (κ1) is 18.1. The molecule has 2 aromatic carbocycles. The molecule has 1 aliphatic rings. The SMILES string of the molecule is Cc1cc(C)c(NC(=O)CC(=O)NCc2ccc3c(c2)OCO3)c(Cl)c1. The number of hydrogen-bond donors (Lipinski definition) is 2. The van der Waals surface area contributed by atoms with Crippen LogP contribution in [0.4, 0.5) is 5.69 Å². The van der Waals surface area contributed by atoms with Gasteiger partial charge in [0.25, 0.3) is 0 Å². The maximum atomic E-state index is 12.1. The molecule has 1 heterocycles. The molecular formula is C19H19ClN2O4. The second kappa shape index (κ2) is 7.66. The van der Waals surface area contributed by atoms with Crippen molar-refractivity contribution in [2.75, 3.05) is 12.1 Å². The van der Waals surface area contributed by atoms with E-state index in [9.17, 15) is 9.59 Å². The number of rotatable bonds is 5. The summed E-state index contributed by atoms with van der Waals surface area (Å²) in [6, 6.07) is 9.12. The van der Waals surface area contributed by atoms with Gasteiger partial charge in [-0.3, -0.25) is 9.59 Å². The Hall–Kier alpha value is -2.73. The molecule has 26 heavy (non-hydrogen) atoms. The summed E-state index contributed by atoms with van der Waals surface area (Å²) >= 11 is 6.17. The molecule has 136 valence electrons. The predicted octanol–water partition coefficient (Wildman–Crippen LogP) is 3.33. The predicted molar refractivity (Wildman–Crippen MR) is 98.6 cm³/mol. The molecule has 0 unspecified atom stereocenters. The highest BCUT2D eigenvalue weighted by molar-refractivity contribution is 6.34. The van der Waals surface area contributed by atoms with Crippen molar-refractivity contribution in [1.82, 2.24) is 5.32 Å². The van der Waals surface area contributed by atoms with E-state index in [1.165, 1.54) is 0 Å². The van der Waals surface area contributed by atoms with E-state index in [1.54, 1.807) is 18.2 Å². The van der Waals surface area contributed by atoms with Crippen molar-refractivity contribution in [3.63, 3.8) is 0 Å². The molecule has 0 bridgehead atoms. The van der Waals surface area contributed by atoms with Crippen molar-refractivity contribution >= 4 is 29.1 Å². The molecule has 2 N–H and O–H groups in total. The highest BCUT2D eigenvalue weighted by atomic mass is 35.5. The zero-order valence-electron chi connectivity index (χ0n) is 14.5. The van der Waals surface area contributed by atoms with E-state index in [0.29, 0.717) is 28.8 Å². The minimum atomic E-state index is -0.415. The number of amides is 2.